The summed E-state index contributed by atoms with van der Waals surface area (Å²) in [6, 6.07) is 4.84. The lowest BCUT2D eigenvalue weighted by atomic mass is 10.1. The molecule has 0 aliphatic rings. The number of nitrogens with one attached hydrogen (secondary N) is 1. The number of pyridine rings is 1. The highest BCUT2D eigenvalue weighted by atomic mass is 32.2. The van der Waals surface area contributed by atoms with Crippen LogP contribution in [0.25, 0.3) is 0 Å². The molecule has 3 nitrogen and oxygen atoms in total. The first-order valence-corrected chi connectivity index (χ1v) is 8.74. The van der Waals surface area contributed by atoms with Crippen LogP contribution in [-0.2, 0) is 6.54 Å². The molecule has 1 aromatic rings. The van der Waals surface area contributed by atoms with E-state index in [1.807, 2.05) is 11.8 Å². The smallest absolute Gasteiger partial charge is 0.128 e. The Kier molecular flexibility index (Phi) is 7.38. The van der Waals surface area contributed by atoms with Gasteiger partial charge in [-0.25, -0.2) is 4.98 Å². The summed E-state index contributed by atoms with van der Waals surface area (Å²) in [6.07, 6.45) is 2.15. The molecule has 0 radical (unpaired) electrons. The van der Waals surface area contributed by atoms with Crippen molar-refractivity contribution >= 4 is 17.6 Å². The molecular formula is C16H29N3S. The predicted molar refractivity (Wildman–Crippen MR) is 91.8 cm³/mol. The van der Waals surface area contributed by atoms with Gasteiger partial charge in [0.2, 0.25) is 0 Å². The number of anilines is 1. The fourth-order valence-electron chi connectivity index (χ4n) is 2.03. The van der Waals surface area contributed by atoms with Crippen molar-refractivity contribution in [2.45, 2.75) is 40.3 Å². The first kappa shape index (κ1) is 17.3. The molecule has 1 aromatic heterocycles. The van der Waals surface area contributed by atoms with Crippen LogP contribution in [-0.4, -0.2) is 36.6 Å². The average molecular weight is 295 g/mol. The van der Waals surface area contributed by atoms with E-state index in [4.69, 9.17) is 4.98 Å². The number of aryl methyl sites for hydroxylation is 1. The molecule has 0 aromatic carbocycles. The van der Waals surface area contributed by atoms with Gasteiger partial charge in [0.25, 0.3) is 0 Å². The molecule has 1 atom stereocenters. The van der Waals surface area contributed by atoms with E-state index in [1.165, 1.54) is 5.56 Å². The molecule has 0 aliphatic carbocycles. The van der Waals surface area contributed by atoms with Crippen LogP contribution in [0.15, 0.2) is 12.1 Å². The minimum atomic E-state index is 0.502. The Morgan fingerprint density at radius 1 is 1.30 bits per heavy atom. The number of thioether (sulfide) groups is 1. The van der Waals surface area contributed by atoms with Crippen LogP contribution >= 0.6 is 11.8 Å². The highest BCUT2D eigenvalue weighted by molar-refractivity contribution is 7.98. The van der Waals surface area contributed by atoms with Crippen LogP contribution in [0.1, 0.15) is 32.0 Å². The van der Waals surface area contributed by atoms with E-state index in [2.05, 4.69) is 63.3 Å². The maximum absolute atomic E-state index is 4.75. The molecule has 20 heavy (non-hydrogen) atoms. The van der Waals surface area contributed by atoms with E-state index in [0.717, 1.165) is 30.4 Å². The van der Waals surface area contributed by atoms with Gasteiger partial charge in [-0.1, -0.05) is 19.9 Å². The first-order valence-electron chi connectivity index (χ1n) is 7.34. The molecule has 1 rings (SSSR count). The molecule has 0 saturated heterocycles. The lowest BCUT2D eigenvalue weighted by Crippen LogP contribution is -2.31. The van der Waals surface area contributed by atoms with Crippen molar-refractivity contribution in [3.8, 4) is 0 Å². The van der Waals surface area contributed by atoms with E-state index in [-0.39, 0.29) is 0 Å². The Labute approximate surface area is 128 Å². The SMILES string of the molecule is CSCC(C)N(C)c1ccc(CNCC(C)C)c(C)n1. The zero-order valence-corrected chi connectivity index (χ0v) is 14.5. The third-order valence-electron chi connectivity index (χ3n) is 3.48. The van der Waals surface area contributed by atoms with Crippen LogP contribution in [0.4, 0.5) is 5.82 Å². The van der Waals surface area contributed by atoms with Gasteiger partial charge in [0.15, 0.2) is 0 Å². The molecule has 0 saturated carbocycles. The topological polar surface area (TPSA) is 28.2 Å². The molecular weight excluding hydrogens is 266 g/mol. The summed E-state index contributed by atoms with van der Waals surface area (Å²) in [7, 11) is 2.12. The average Bonchev–Trinajstić information content (AvgIpc) is 2.39. The van der Waals surface area contributed by atoms with Crippen molar-refractivity contribution in [1.82, 2.24) is 10.3 Å². The standard InChI is InChI=1S/C16H29N3S/c1-12(2)9-17-10-15-7-8-16(18-14(15)4)19(5)13(3)11-20-6/h7-8,12-13,17H,9-11H2,1-6H3. The monoisotopic (exact) mass is 295 g/mol. The van der Waals surface area contributed by atoms with Gasteiger partial charge < -0.3 is 10.2 Å². The van der Waals surface area contributed by atoms with E-state index in [1.54, 1.807) is 0 Å². The quantitative estimate of drug-likeness (QED) is 0.796. The molecule has 1 heterocycles. The first-order chi connectivity index (χ1) is 9.45. The molecule has 4 heteroatoms. The second-order valence-electron chi connectivity index (χ2n) is 5.85. The number of rotatable bonds is 8. The Morgan fingerprint density at radius 2 is 2.00 bits per heavy atom. The zero-order valence-electron chi connectivity index (χ0n) is 13.7. The van der Waals surface area contributed by atoms with Crippen LogP contribution < -0.4 is 10.2 Å². The minimum Gasteiger partial charge on any atom is -0.356 e. The van der Waals surface area contributed by atoms with Gasteiger partial charge in [0.05, 0.1) is 0 Å². The summed E-state index contributed by atoms with van der Waals surface area (Å²) in [4.78, 5) is 7.01. The third kappa shape index (κ3) is 5.33. The van der Waals surface area contributed by atoms with Crippen LogP contribution in [0.5, 0.6) is 0 Å². The maximum Gasteiger partial charge on any atom is 0.128 e. The highest BCUT2D eigenvalue weighted by Gasteiger charge is 2.11. The molecule has 1 unspecified atom stereocenters. The second kappa shape index (κ2) is 8.53. The summed E-state index contributed by atoms with van der Waals surface area (Å²) < 4.78 is 0. The van der Waals surface area contributed by atoms with Gasteiger partial charge in [0.1, 0.15) is 5.82 Å². The summed E-state index contributed by atoms with van der Waals surface area (Å²) in [5.74, 6) is 2.87. The molecule has 0 amide bonds. The Morgan fingerprint density at radius 3 is 2.55 bits per heavy atom. The summed E-state index contributed by atoms with van der Waals surface area (Å²) in [5, 5.41) is 3.48. The van der Waals surface area contributed by atoms with Gasteiger partial charge in [0, 0.05) is 31.1 Å². The molecule has 0 spiro atoms. The van der Waals surface area contributed by atoms with Crippen molar-refractivity contribution in [2.75, 3.05) is 30.5 Å². The van der Waals surface area contributed by atoms with Crippen LogP contribution in [0, 0.1) is 12.8 Å². The van der Waals surface area contributed by atoms with Gasteiger partial charge in [-0.3, -0.25) is 0 Å². The lowest BCUT2D eigenvalue weighted by Gasteiger charge is -2.26. The van der Waals surface area contributed by atoms with Gasteiger partial charge in [-0.2, -0.15) is 11.8 Å². The second-order valence-corrected chi connectivity index (χ2v) is 6.76. The van der Waals surface area contributed by atoms with Crippen molar-refractivity contribution < 1.29 is 0 Å². The van der Waals surface area contributed by atoms with E-state index >= 15 is 0 Å². The summed E-state index contributed by atoms with van der Waals surface area (Å²) in [6.45, 7) is 10.7. The third-order valence-corrected chi connectivity index (χ3v) is 4.29. The Hall–Kier alpha value is -0.740. The summed E-state index contributed by atoms with van der Waals surface area (Å²) in [5.41, 5.74) is 2.42. The molecule has 1 N–H and O–H groups in total. The molecule has 114 valence electrons. The van der Waals surface area contributed by atoms with E-state index in [9.17, 15) is 0 Å². The van der Waals surface area contributed by atoms with Gasteiger partial charge in [-0.05, 0) is 44.2 Å². The minimum absolute atomic E-state index is 0.502. The fourth-order valence-corrected chi connectivity index (χ4v) is 2.74. The van der Waals surface area contributed by atoms with Crippen LogP contribution in [0.2, 0.25) is 0 Å². The molecule has 0 fully saturated rings. The fraction of sp³-hybridized carbons (Fsp3) is 0.688. The van der Waals surface area contributed by atoms with Gasteiger partial charge >= 0.3 is 0 Å². The molecule has 0 aliphatic heterocycles. The highest BCUT2D eigenvalue weighted by Crippen LogP contribution is 2.17. The van der Waals surface area contributed by atoms with E-state index < -0.39 is 0 Å². The van der Waals surface area contributed by atoms with Crippen molar-refractivity contribution in [1.29, 1.82) is 0 Å². The number of hydrogen-bond donors (Lipinski definition) is 1. The Balaban J connectivity index is 2.67. The number of nitrogens with zero attached hydrogens (tertiary/aromatic N) is 2. The number of aromatic nitrogens is 1. The van der Waals surface area contributed by atoms with Crippen molar-refractivity contribution in [2.24, 2.45) is 5.92 Å². The Bertz CT molecular complexity index is 407. The van der Waals surface area contributed by atoms with Crippen LogP contribution in [0.3, 0.4) is 0 Å². The van der Waals surface area contributed by atoms with E-state index in [0.29, 0.717) is 12.0 Å². The number of hydrogen-bond acceptors (Lipinski definition) is 4. The van der Waals surface area contributed by atoms with Crippen molar-refractivity contribution in [3.63, 3.8) is 0 Å². The normalized spacial score (nSPS) is 12.8. The lowest BCUT2D eigenvalue weighted by molar-refractivity contribution is 0.551. The molecule has 0 bridgehead atoms. The summed E-state index contributed by atoms with van der Waals surface area (Å²) >= 11 is 1.87. The largest absolute Gasteiger partial charge is 0.356 e. The van der Waals surface area contributed by atoms with Gasteiger partial charge in [-0.15, -0.1) is 0 Å². The van der Waals surface area contributed by atoms with Crippen molar-refractivity contribution in [3.05, 3.63) is 23.4 Å². The zero-order chi connectivity index (χ0) is 15.1. The maximum atomic E-state index is 4.75. The predicted octanol–water partition coefficient (Wildman–Crippen LogP) is 3.32.